The van der Waals surface area contributed by atoms with Gasteiger partial charge in [0, 0.05) is 13.0 Å². The van der Waals surface area contributed by atoms with Crippen molar-refractivity contribution < 1.29 is 33.1 Å². The fourth-order valence-electron chi connectivity index (χ4n) is 9.10. The largest absolute Gasteiger partial charge is 0.393 e. The first-order chi connectivity index (χ1) is 16.3. The number of fused-ring (bicyclic) bond motifs is 5. The second-order valence-electron chi connectivity index (χ2n) is 12.7. The van der Waals surface area contributed by atoms with Gasteiger partial charge in [-0.3, -0.25) is 9.35 Å². The van der Waals surface area contributed by atoms with E-state index in [1.54, 1.807) is 0 Å². The summed E-state index contributed by atoms with van der Waals surface area (Å²) in [6.07, 6.45) is 5.67. The van der Waals surface area contributed by atoms with Crippen LogP contribution in [0.15, 0.2) is 0 Å². The lowest BCUT2D eigenvalue weighted by molar-refractivity contribution is -0.207. The Balaban J connectivity index is 1.43. The van der Waals surface area contributed by atoms with E-state index >= 15 is 0 Å². The number of amides is 1. The molecule has 0 aromatic rings. The predicted molar refractivity (Wildman–Crippen MR) is 132 cm³/mol. The smallest absolute Gasteiger partial charge is 0.266 e. The van der Waals surface area contributed by atoms with E-state index in [0.29, 0.717) is 18.8 Å². The number of aliphatic hydroxyl groups excluding tert-OH is 3. The van der Waals surface area contributed by atoms with Crippen molar-refractivity contribution in [3.05, 3.63) is 0 Å². The van der Waals surface area contributed by atoms with E-state index in [-0.39, 0.29) is 65.4 Å². The van der Waals surface area contributed by atoms with Gasteiger partial charge in [0.05, 0.1) is 24.1 Å². The predicted octanol–water partition coefficient (Wildman–Crippen LogP) is 2.37. The summed E-state index contributed by atoms with van der Waals surface area (Å²) in [5.74, 6) is 0.705. The molecule has 0 saturated heterocycles. The molecule has 0 aromatic carbocycles. The highest BCUT2D eigenvalue weighted by Crippen LogP contribution is 2.68. The van der Waals surface area contributed by atoms with E-state index < -0.39 is 28.1 Å². The monoisotopic (exact) mass is 515 g/mol. The van der Waals surface area contributed by atoms with Gasteiger partial charge in [-0.1, -0.05) is 20.8 Å². The maximum Gasteiger partial charge on any atom is 0.266 e. The average molecular weight is 516 g/mol. The van der Waals surface area contributed by atoms with Crippen molar-refractivity contribution >= 4 is 16.0 Å². The molecule has 1 amide bonds. The summed E-state index contributed by atoms with van der Waals surface area (Å²) in [5.41, 5.74) is -0.254. The Kier molecular flexibility index (Phi) is 7.69. The zero-order valence-corrected chi connectivity index (χ0v) is 22.2. The highest BCUT2D eigenvalue weighted by molar-refractivity contribution is 7.85. The minimum absolute atomic E-state index is 0.0509. The van der Waals surface area contributed by atoms with Crippen LogP contribution in [0.4, 0.5) is 0 Å². The number of nitrogens with one attached hydrogen (secondary N) is 1. The molecule has 11 atom stereocenters. The third-order valence-electron chi connectivity index (χ3n) is 11.0. The highest BCUT2D eigenvalue weighted by atomic mass is 32.2. The third kappa shape index (κ3) is 5.05. The van der Waals surface area contributed by atoms with E-state index in [4.69, 9.17) is 4.55 Å². The van der Waals surface area contributed by atoms with Crippen molar-refractivity contribution in [1.82, 2.24) is 5.32 Å². The second-order valence-corrected chi connectivity index (χ2v) is 14.2. The van der Waals surface area contributed by atoms with Crippen LogP contribution in [-0.2, 0) is 14.9 Å². The molecular formula is C26H45NO7S. The highest BCUT2D eigenvalue weighted by Gasteiger charge is 2.65. The molecular weight excluding hydrogens is 470 g/mol. The van der Waals surface area contributed by atoms with Crippen LogP contribution < -0.4 is 5.32 Å². The Morgan fingerprint density at radius 3 is 2.46 bits per heavy atom. The van der Waals surface area contributed by atoms with E-state index in [1.807, 2.05) is 0 Å². The molecule has 4 aliphatic rings. The summed E-state index contributed by atoms with van der Waals surface area (Å²) >= 11 is 0. The van der Waals surface area contributed by atoms with Gasteiger partial charge in [0.25, 0.3) is 10.1 Å². The fraction of sp³-hybridized carbons (Fsp3) is 0.962. The van der Waals surface area contributed by atoms with E-state index in [1.165, 1.54) is 0 Å². The van der Waals surface area contributed by atoms with Crippen LogP contribution >= 0.6 is 0 Å². The molecule has 202 valence electrons. The summed E-state index contributed by atoms with van der Waals surface area (Å²) in [7, 11) is -4.10. The van der Waals surface area contributed by atoms with Gasteiger partial charge < -0.3 is 20.6 Å². The molecule has 4 rings (SSSR count). The van der Waals surface area contributed by atoms with Crippen LogP contribution in [-0.4, -0.2) is 64.8 Å². The summed E-state index contributed by atoms with van der Waals surface area (Å²) in [6, 6.07) is 0. The molecule has 0 bridgehead atoms. The molecule has 9 heteroatoms. The Labute approximate surface area is 210 Å². The number of carbonyl (C=O) groups excluding carboxylic acids is 1. The van der Waals surface area contributed by atoms with Crippen molar-refractivity contribution in [3.63, 3.8) is 0 Å². The van der Waals surface area contributed by atoms with Gasteiger partial charge in [0.15, 0.2) is 0 Å². The quantitative estimate of drug-likeness (QED) is 0.327. The number of hydrogen-bond acceptors (Lipinski definition) is 6. The summed E-state index contributed by atoms with van der Waals surface area (Å²) in [4.78, 5) is 12.2. The van der Waals surface area contributed by atoms with E-state index in [0.717, 1.165) is 38.5 Å². The topological polar surface area (TPSA) is 144 Å². The van der Waals surface area contributed by atoms with Gasteiger partial charge in [-0.2, -0.15) is 8.42 Å². The Bertz CT molecular complexity index is 896. The molecule has 0 aromatic heterocycles. The molecule has 35 heavy (non-hydrogen) atoms. The summed E-state index contributed by atoms with van der Waals surface area (Å²) in [5, 5.41) is 35.8. The maximum absolute atomic E-state index is 12.2. The zero-order chi connectivity index (χ0) is 25.8. The minimum atomic E-state index is -4.10. The molecule has 0 radical (unpaired) electrons. The molecule has 0 unspecified atom stereocenters. The first kappa shape index (κ1) is 27.3. The van der Waals surface area contributed by atoms with Gasteiger partial charge in [0.2, 0.25) is 5.91 Å². The fourth-order valence-corrected chi connectivity index (χ4v) is 9.46. The average Bonchev–Trinajstić information content (AvgIpc) is 3.12. The van der Waals surface area contributed by atoms with Gasteiger partial charge >= 0.3 is 0 Å². The van der Waals surface area contributed by atoms with Gasteiger partial charge in [0.1, 0.15) is 0 Å². The van der Waals surface area contributed by atoms with Crippen LogP contribution in [0.2, 0.25) is 0 Å². The minimum Gasteiger partial charge on any atom is -0.393 e. The lowest BCUT2D eigenvalue weighted by atomic mass is 9.43. The second kappa shape index (κ2) is 9.86. The van der Waals surface area contributed by atoms with Crippen LogP contribution in [0.5, 0.6) is 0 Å². The van der Waals surface area contributed by atoms with Crippen LogP contribution in [0.25, 0.3) is 0 Å². The number of hydrogen-bond donors (Lipinski definition) is 5. The van der Waals surface area contributed by atoms with Crippen molar-refractivity contribution in [1.29, 1.82) is 0 Å². The maximum atomic E-state index is 12.2. The van der Waals surface area contributed by atoms with Crippen molar-refractivity contribution in [2.24, 2.45) is 46.3 Å². The first-order valence-corrected chi connectivity index (χ1v) is 15.1. The molecule has 5 N–H and O–H groups in total. The van der Waals surface area contributed by atoms with Crippen molar-refractivity contribution in [2.45, 2.75) is 96.9 Å². The molecule has 8 nitrogen and oxygen atoms in total. The molecule has 0 heterocycles. The molecule has 0 aliphatic heterocycles. The van der Waals surface area contributed by atoms with Crippen LogP contribution in [0, 0.1) is 46.3 Å². The number of rotatable bonds is 7. The molecule has 0 spiro atoms. The molecule has 4 fully saturated rings. The van der Waals surface area contributed by atoms with Crippen molar-refractivity contribution in [2.75, 3.05) is 12.3 Å². The third-order valence-corrected chi connectivity index (χ3v) is 11.7. The van der Waals surface area contributed by atoms with Gasteiger partial charge in [-0.15, -0.1) is 0 Å². The summed E-state index contributed by atoms with van der Waals surface area (Å²) in [6.45, 7) is 6.56. The van der Waals surface area contributed by atoms with Gasteiger partial charge in [-0.25, -0.2) is 0 Å². The van der Waals surface area contributed by atoms with E-state index in [2.05, 4.69) is 26.1 Å². The molecule has 4 aliphatic carbocycles. The van der Waals surface area contributed by atoms with Crippen LogP contribution in [0.3, 0.4) is 0 Å². The number of aliphatic hydroxyl groups is 3. The van der Waals surface area contributed by atoms with Crippen molar-refractivity contribution in [3.8, 4) is 0 Å². The Morgan fingerprint density at radius 1 is 1.06 bits per heavy atom. The Morgan fingerprint density at radius 2 is 1.77 bits per heavy atom. The lowest BCUT2D eigenvalue weighted by Crippen LogP contribution is -2.62. The SMILES string of the molecule is C[C@H](CCC(=O)NCCS(=O)(=O)O)[C@@H]1CC[C@H]2[C@@H]3[C@H](O)C[C@H]4C[C@@H](O)CC[C@]4(C)[C@H]3C[C@@H](O)[C@@]21C. The molecule has 4 saturated carbocycles. The standard InChI is InChI=1S/C26H45NO7S/c1-15(4-7-23(31)27-10-11-35(32,33)34)18-5-6-19-24-20(14-22(30)26(18,19)3)25(2)9-8-17(28)12-16(25)13-21(24)29/h15-22,24,28-30H,4-14H2,1-3H3,(H,27,31)(H,32,33,34)/t15-,16-,17+,18+,19+,20+,21-,22-,24+,25+,26-/m1/s1. The van der Waals surface area contributed by atoms with Gasteiger partial charge in [-0.05, 0) is 97.7 Å². The normalized spacial score (nSPS) is 46.3. The first-order valence-electron chi connectivity index (χ1n) is 13.5. The summed E-state index contributed by atoms with van der Waals surface area (Å²) < 4.78 is 30.5. The zero-order valence-electron chi connectivity index (χ0n) is 21.4. The number of carbonyl (C=O) groups is 1. The lowest BCUT2D eigenvalue weighted by Gasteiger charge is -2.63. The van der Waals surface area contributed by atoms with E-state index in [9.17, 15) is 28.5 Å². The Hall–Kier alpha value is -0.740. The van der Waals surface area contributed by atoms with Crippen LogP contribution in [0.1, 0.15) is 78.6 Å².